The van der Waals surface area contributed by atoms with Gasteiger partial charge in [0.15, 0.2) is 11.3 Å². The molecule has 0 aromatic carbocycles. The summed E-state index contributed by atoms with van der Waals surface area (Å²) in [5, 5.41) is 16.5. The van der Waals surface area contributed by atoms with Crippen LogP contribution in [0, 0.1) is 5.92 Å². The van der Waals surface area contributed by atoms with Gasteiger partial charge in [-0.3, -0.25) is 4.79 Å². The Morgan fingerprint density at radius 2 is 2.11 bits per heavy atom. The van der Waals surface area contributed by atoms with E-state index in [0.29, 0.717) is 22.6 Å². The number of nitrogens with one attached hydrogen (secondary N) is 2. The Kier molecular flexibility index (Phi) is 7.41. The van der Waals surface area contributed by atoms with Crippen LogP contribution in [0.4, 0.5) is 5.82 Å². The maximum absolute atomic E-state index is 13.0. The molecule has 1 amide bonds. The van der Waals surface area contributed by atoms with Crippen molar-refractivity contribution in [2.24, 2.45) is 5.92 Å². The van der Waals surface area contributed by atoms with Crippen molar-refractivity contribution in [3.05, 3.63) is 46.4 Å². The number of fused-ring (bicyclic) bond motifs is 2. The van der Waals surface area contributed by atoms with Crippen LogP contribution in [0.1, 0.15) is 42.0 Å². The Labute approximate surface area is 216 Å². The summed E-state index contributed by atoms with van der Waals surface area (Å²) in [4.78, 5) is 20.3. The van der Waals surface area contributed by atoms with Crippen molar-refractivity contribution in [1.82, 2.24) is 30.4 Å². The van der Waals surface area contributed by atoms with Gasteiger partial charge in [0.2, 0.25) is 0 Å². The standard InChI is InChI=1S/C26H34ClN7O2/c1-4-28-23-14-34(12-17(23)15-36-3)24-9-6-16-10-18(7-8-21(16)30-24)29-26(35)22-11-19-20(27)13-33(5-2)25(19)32-31-22/h6,9,11,13,17-18,23,28H,4-5,7-8,10,12,14-15H2,1-3H3,(H,29,35). The monoisotopic (exact) mass is 511 g/mol. The number of hydrogen-bond acceptors (Lipinski definition) is 7. The van der Waals surface area contributed by atoms with Crippen LogP contribution in [-0.2, 0) is 24.1 Å². The average molecular weight is 512 g/mol. The van der Waals surface area contributed by atoms with Crippen LogP contribution in [0.3, 0.4) is 0 Å². The van der Waals surface area contributed by atoms with E-state index >= 15 is 0 Å². The van der Waals surface area contributed by atoms with E-state index in [0.717, 1.165) is 68.9 Å². The van der Waals surface area contributed by atoms with E-state index in [1.54, 1.807) is 13.2 Å². The van der Waals surface area contributed by atoms with Crippen LogP contribution in [0.25, 0.3) is 11.0 Å². The number of methoxy groups -OCH3 is 1. The fourth-order valence-corrected chi connectivity index (χ4v) is 5.74. The smallest absolute Gasteiger partial charge is 0.272 e. The van der Waals surface area contributed by atoms with E-state index in [4.69, 9.17) is 21.3 Å². The summed E-state index contributed by atoms with van der Waals surface area (Å²) in [6.45, 7) is 8.46. The highest BCUT2D eigenvalue weighted by Crippen LogP contribution is 2.28. The fraction of sp³-hybridized carbons (Fsp3) is 0.538. The molecule has 3 unspecified atom stereocenters. The third-order valence-corrected chi connectivity index (χ3v) is 7.64. The molecular weight excluding hydrogens is 478 g/mol. The maximum atomic E-state index is 13.0. The lowest BCUT2D eigenvalue weighted by molar-refractivity contribution is 0.0927. The highest BCUT2D eigenvalue weighted by Gasteiger charge is 2.33. The minimum absolute atomic E-state index is 0.0295. The highest BCUT2D eigenvalue weighted by atomic mass is 35.5. The summed E-state index contributed by atoms with van der Waals surface area (Å²) >= 11 is 6.35. The van der Waals surface area contributed by atoms with Gasteiger partial charge >= 0.3 is 0 Å². The van der Waals surface area contributed by atoms with Crippen molar-refractivity contribution in [3.63, 3.8) is 0 Å². The van der Waals surface area contributed by atoms with Gasteiger partial charge in [-0.1, -0.05) is 24.6 Å². The summed E-state index contributed by atoms with van der Waals surface area (Å²) in [6, 6.07) is 6.44. The first-order valence-electron chi connectivity index (χ1n) is 12.8. The number of halogens is 1. The van der Waals surface area contributed by atoms with Gasteiger partial charge in [0.25, 0.3) is 5.91 Å². The van der Waals surface area contributed by atoms with Gasteiger partial charge in [-0.15, -0.1) is 10.2 Å². The van der Waals surface area contributed by atoms with E-state index in [2.05, 4.69) is 44.8 Å². The van der Waals surface area contributed by atoms with Crippen molar-refractivity contribution in [3.8, 4) is 0 Å². The molecule has 3 aromatic rings. The Bertz CT molecular complexity index is 1230. The molecule has 2 N–H and O–H groups in total. The van der Waals surface area contributed by atoms with E-state index in [1.165, 1.54) is 5.56 Å². The third-order valence-electron chi connectivity index (χ3n) is 7.34. The summed E-state index contributed by atoms with van der Waals surface area (Å²) in [7, 11) is 1.76. The number of rotatable bonds is 8. The largest absolute Gasteiger partial charge is 0.384 e. The van der Waals surface area contributed by atoms with Crippen molar-refractivity contribution < 1.29 is 9.53 Å². The molecule has 0 saturated carbocycles. The number of ether oxygens (including phenoxy) is 1. The Morgan fingerprint density at radius 1 is 1.25 bits per heavy atom. The van der Waals surface area contributed by atoms with Gasteiger partial charge in [0, 0.05) is 62.0 Å². The Hall–Kier alpha value is -2.75. The third kappa shape index (κ3) is 4.92. The van der Waals surface area contributed by atoms with Gasteiger partial charge in [-0.2, -0.15) is 0 Å². The average Bonchev–Trinajstić information content (AvgIpc) is 3.44. The first kappa shape index (κ1) is 24.9. The number of pyridine rings is 1. The van der Waals surface area contributed by atoms with E-state index in [9.17, 15) is 4.79 Å². The number of likely N-dealkylation sites (N-methyl/N-ethyl adjacent to an activating group) is 1. The highest BCUT2D eigenvalue weighted by molar-refractivity contribution is 6.35. The zero-order valence-electron chi connectivity index (χ0n) is 21.1. The number of nitrogens with zero attached hydrogens (tertiary/aromatic N) is 5. The molecule has 2 aliphatic rings. The molecule has 4 heterocycles. The lowest BCUT2D eigenvalue weighted by atomic mass is 9.91. The van der Waals surface area contributed by atoms with Gasteiger partial charge in [-0.25, -0.2) is 4.98 Å². The predicted molar refractivity (Wildman–Crippen MR) is 141 cm³/mol. The number of aromatic nitrogens is 4. The second kappa shape index (κ2) is 10.7. The molecule has 1 fully saturated rings. The van der Waals surface area contributed by atoms with Crippen molar-refractivity contribution >= 4 is 34.4 Å². The normalized spacial score (nSPS) is 21.7. The minimum atomic E-state index is -0.224. The summed E-state index contributed by atoms with van der Waals surface area (Å²) in [5.74, 6) is 1.25. The summed E-state index contributed by atoms with van der Waals surface area (Å²) in [6.07, 6.45) is 4.24. The lowest BCUT2D eigenvalue weighted by Gasteiger charge is -2.26. The second-order valence-corrected chi connectivity index (χ2v) is 10.1. The SMILES string of the molecule is CCNC1CN(c2ccc3c(n2)CCC(NC(=O)c2cc4c(Cl)cn(CC)c4nn2)C3)CC1COC. The topological polar surface area (TPSA) is 97.2 Å². The molecule has 1 saturated heterocycles. The van der Waals surface area contributed by atoms with Crippen molar-refractivity contribution in [1.29, 1.82) is 0 Å². The molecule has 0 bridgehead atoms. The number of anilines is 1. The van der Waals surface area contributed by atoms with Crippen molar-refractivity contribution in [2.45, 2.75) is 51.7 Å². The van der Waals surface area contributed by atoms with Crippen LogP contribution < -0.4 is 15.5 Å². The molecule has 3 atom stereocenters. The molecule has 3 aromatic heterocycles. The zero-order valence-corrected chi connectivity index (χ0v) is 21.9. The Morgan fingerprint density at radius 3 is 2.89 bits per heavy atom. The zero-order chi connectivity index (χ0) is 25.2. The molecule has 1 aliphatic carbocycles. The van der Waals surface area contributed by atoms with Crippen LogP contribution in [-0.4, -0.2) is 71.1 Å². The quantitative estimate of drug-likeness (QED) is 0.480. The maximum Gasteiger partial charge on any atom is 0.272 e. The molecule has 10 heteroatoms. The van der Waals surface area contributed by atoms with Crippen LogP contribution in [0.5, 0.6) is 0 Å². The molecule has 9 nitrogen and oxygen atoms in total. The molecule has 5 rings (SSSR count). The number of carbonyl (C=O) groups is 1. The van der Waals surface area contributed by atoms with E-state index in [1.807, 2.05) is 17.7 Å². The van der Waals surface area contributed by atoms with Gasteiger partial charge in [0.1, 0.15) is 5.82 Å². The fourth-order valence-electron chi connectivity index (χ4n) is 5.49. The molecule has 0 spiro atoms. The molecule has 36 heavy (non-hydrogen) atoms. The van der Waals surface area contributed by atoms with Gasteiger partial charge in [-0.05, 0) is 50.4 Å². The number of carbonyl (C=O) groups excluding carboxylic acids is 1. The van der Waals surface area contributed by atoms with Gasteiger partial charge < -0.3 is 24.8 Å². The van der Waals surface area contributed by atoms with E-state index < -0.39 is 0 Å². The Balaban J connectivity index is 1.24. The molecule has 1 aliphatic heterocycles. The van der Waals surface area contributed by atoms with Gasteiger partial charge in [0.05, 0.1) is 11.6 Å². The summed E-state index contributed by atoms with van der Waals surface area (Å²) < 4.78 is 7.37. The van der Waals surface area contributed by atoms with Crippen LogP contribution in [0.15, 0.2) is 24.4 Å². The molecular formula is C26H34ClN7O2. The second-order valence-electron chi connectivity index (χ2n) is 9.70. The van der Waals surface area contributed by atoms with Crippen LogP contribution >= 0.6 is 11.6 Å². The number of hydrogen-bond donors (Lipinski definition) is 2. The predicted octanol–water partition coefficient (Wildman–Crippen LogP) is 2.85. The van der Waals surface area contributed by atoms with E-state index in [-0.39, 0.29) is 17.6 Å². The number of amides is 1. The first-order valence-corrected chi connectivity index (χ1v) is 13.2. The minimum Gasteiger partial charge on any atom is -0.384 e. The summed E-state index contributed by atoms with van der Waals surface area (Å²) in [5.41, 5.74) is 3.29. The first-order chi connectivity index (χ1) is 17.5. The molecule has 0 radical (unpaired) electrons. The number of aryl methyl sites for hydroxylation is 2. The lowest BCUT2D eigenvalue weighted by Crippen LogP contribution is -2.39. The molecule has 192 valence electrons. The van der Waals surface area contributed by atoms with Crippen molar-refractivity contribution in [2.75, 3.05) is 38.3 Å². The van der Waals surface area contributed by atoms with Crippen LogP contribution in [0.2, 0.25) is 5.02 Å².